The fourth-order valence-corrected chi connectivity index (χ4v) is 2.98. The van der Waals surface area contributed by atoms with Crippen molar-refractivity contribution in [3.05, 3.63) is 83.4 Å². The largest absolute Gasteiger partial charge is 0.497 e. The van der Waals surface area contributed by atoms with E-state index in [1.165, 1.54) is 7.11 Å². The highest BCUT2D eigenvalue weighted by atomic mass is 16.5. The van der Waals surface area contributed by atoms with Crippen molar-refractivity contribution in [1.29, 1.82) is 0 Å². The zero-order valence-electron chi connectivity index (χ0n) is 17.6. The number of carbonyl (C=O) groups excluding carboxylic acids is 1. The Bertz CT molecular complexity index is 1050. The van der Waals surface area contributed by atoms with Crippen LogP contribution in [-0.2, 0) is 16.1 Å². The number of aliphatic hydroxyl groups excluding tert-OH is 1. The van der Waals surface area contributed by atoms with Crippen LogP contribution in [0.25, 0.3) is 11.6 Å². The van der Waals surface area contributed by atoms with Gasteiger partial charge in [0, 0.05) is 6.07 Å². The second kappa shape index (κ2) is 10.3. The first-order valence-corrected chi connectivity index (χ1v) is 9.57. The number of ether oxygens (including phenoxy) is 4. The van der Waals surface area contributed by atoms with Crippen LogP contribution < -0.4 is 14.2 Å². The van der Waals surface area contributed by atoms with Gasteiger partial charge in [-0.25, -0.2) is 4.79 Å². The first-order valence-electron chi connectivity index (χ1n) is 9.57. The lowest BCUT2D eigenvalue weighted by Gasteiger charge is -2.11. The third-order valence-electron chi connectivity index (χ3n) is 4.58. The van der Waals surface area contributed by atoms with Gasteiger partial charge in [-0.3, -0.25) is 0 Å². The van der Waals surface area contributed by atoms with Gasteiger partial charge >= 0.3 is 5.97 Å². The molecule has 0 aliphatic rings. The molecule has 0 aliphatic heterocycles. The average Bonchev–Trinajstić information content (AvgIpc) is 2.82. The maximum atomic E-state index is 12.5. The van der Waals surface area contributed by atoms with Crippen LogP contribution in [0.1, 0.15) is 16.7 Å². The predicted octanol–water partition coefficient (Wildman–Crippen LogP) is 4.70. The third-order valence-corrected chi connectivity index (χ3v) is 4.58. The molecule has 6 heteroatoms. The van der Waals surface area contributed by atoms with Crippen molar-refractivity contribution < 1.29 is 28.8 Å². The molecule has 0 spiro atoms. The van der Waals surface area contributed by atoms with Crippen LogP contribution in [-0.4, -0.2) is 32.4 Å². The van der Waals surface area contributed by atoms with Gasteiger partial charge in [0.25, 0.3) is 0 Å². The fourth-order valence-electron chi connectivity index (χ4n) is 2.98. The SMILES string of the molecule is COC(=O)C(=Cc1cc(OC)cc(OC)c1)c1cccc(Oc2ccc(CO)cc2)c1. The summed E-state index contributed by atoms with van der Waals surface area (Å²) in [6.07, 6.45) is 1.71. The summed E-state index contributed by atoms with van der Waals surface area (Å²) in [4.78, 5) is 12.5. The summed E-state index contributed by atoms with van der Waals surface area (Å²) in [6.45, 7) is -0.0297. The molecular weight excluding hydrogens is 396 g/mol. The molecule has 3 aromatic carbocycles. The molecule has 0 aliphatic carbocycles. The van der Waals surface area contributed by atoms with E-state index in [4.69, 9.17) is 18.9 Å². The molecule has 1 N–H and O–H groups in total. The smallest absolute Gasteiger partial charge is 0.338 e. The highest BCUT2D eigenvalue weighted by molar-refractivity contribution is 6.21. The van der Waals surface area contributed by atoms with Gasteiger partial charge in [-0.2, -0.15) is 0 Å². The van der Waals surface area contributed by atoms with Crippen LogP contribution in [0.4, 0.5) is 0 Å². The van der Waals surface area contributed by atoms with Crippen LogP contribution in [0.2, 0.25) is 0 Å². The Balaban J connectivity index is 1.97. The standard InChI is InChI=1S/C25H24O6/c1-28-22-11-18(12-23(15-22)29-2)13-24(25(27)30-3)19-5-4-6-21(14-19)31-20-9-7-17(16-26)8-10-20/h4-15,26H,16H2,1-3H3. The Labute approximate surface area is 181 Å². The van der Waals surface area contributed by atoms with E-state index in [-0.39, 0.29) is 6.61 Å². The average molecular weight is 420 g/mol. The predicted molar refractivity (Wildman–Crippen MR) is 118 cm³/mol. The monoisotopic (exact) mass is 420 g/mol. The maximum Gasteiger partial charge on any atom is 0.338 e. The number of hydrogen-bond acceptors (Lipinski definition) is 6. The van der Waals surface area contributed by atoms with Crippen molar-refractivity contribution in [2.45, 2.75) is 6.61 Å². The van der Waals surface area contributed by atoms with Gasteiger partial charge in [0.1, 0.15) is 23.0 Å². The van der Waals surface area contributed by atoms with Gasteiger partial charge in [-0.15, -0.1) is 0 Å². The molecule has 0 amide bonds. The zero-order valence-corrected chi connectivity index (χ0v) is 17.6. The second-order valence-electron chi connectivity index (χ2n) is 6.63. The molecule has 0 heterocycles. The molecule has 6 nitrogen and oxygen atoms in total. The maximum absolute atomic E-state index is 12.5. The number of aliphatic hydroxyl groups is 1. The summed E-state index contributed by atoms with van der Waals surface area (Å²) < 4.78 is 21.5. The summed E-state index contributed by atoms with van der Waals surface area (Å²) in [6, 6.07) is 19.7. The molecule has 0 atom stereocenters. The summed E-state index contributed by atoms with van der Waals surface area (Å²) in [5, 5.41) is 9.17. The van der Waals surface area contributed by atoms with Crippen molar-refractivity contribution in [2.24, 2.45) is 0 Å². The number of rotatable bonds is 8. The van der Waals surface area contributed by atoms with Gasteiger partial charge in [0.15, 0.2) is 0 Å². The molecule has 0 radical (unpaired) electrons. The summed E-state index contributed by atoms with van der Waals surface area (Å²) in [5.41, 5.74) is 2.52. The van der Waals surface area contributed by atoms with Crippen LogP contribution in [0.3, 0.4) is 0 Å². The molecule has 3 rings (SSSR count). The van der Waals surface area contributed by atoms with Crippen molar-refractivity contribution in [3.8, 4) is 23.0 Å². The number of esters is 1. The van der Waals surface area contributed by atoms with Crippen molar-refractivity contribution in [2.75, 3.05) is 21.3 Å². The quantitative estimate of drug-likeness (QED) is 0.323. The van der Waals surface area contributed by atoms with Gasteiger partial charge < -0.3 is 24.1 Å². The minimum Gasteiger partial charge on any atom is -0.497 e. The summed E-state index contributed by atoms with van der Waals surface area (Å²) >= 11 is 0. The van der Waals surface area contributed by atoms with E-state index in [2.05, 4.69) is 0 Å². The minimum atomic E-state index is -0.480. The fraction of sp³-hybridized carbons (Fsp3) is 0.160. The lowest BCUT2D eigenvalue weighted by atomic mass is 10.0. The minimum absolute atomic E-state index is 0.0297. The molecule has 0 unspecified atom stereocenters. The Morgan fingerprint density at radius 3 is 2.10 bits per heavy atom. The first-order chi connectivity index (χ1) is 15.1. The molecular formula is C25H24O6. The second-order valence-corrected chi connectivity index (χ2v) is 6.63. The van der Waals surface area contributed by atoms with Crippen molar-refractivity contribution in [1.82, 2.24) is 0 Å². The summed E-state index contributed by atoms with van der Waals surface area (Å²) in [7, 11) is 4.47. The number of benzene rings is 3. The molecule has 0 aromatic heterocycles. The topological polar surface area (TPSA) is 74.2 Å². The van der Waals surface area contributed by atoms with Crippen LogP contribution in [0, 0.1) is 0 Å². The van der Waals surface area contributed by atoms with E-state index in [1.54, 1.807) is 81.0 Å². The normalized spacial score (nSPS) is 11.0. The van der Waals surface area contributed by atoms with E-state index in [9.17, 15) is 9.90 Å². The number of hydrogen-bond donors (Lipinski definition) is 1. The number of methoxy groups -OCH3 is 3. The van der Waals surface area contributed by atoms with Crippen molar-refractivity contribution >= 4 is 17.6 Å². The van der Waals surface area contributed by atoms with Gasteiger partial charge in [0.2, 0.25) is 0 Å². The van der Waals surface area contributed by atoms with E-state index < -0.39 is 5.97 Å². The van der Waals surface area contributed by atoms with E-state index in [1.807, 2.05) is 6.07 Å². The molecule has 0 saturated heterocycles. The van der Waals surface area contributed by atoms with Crippen LogP contribution >= 0.6 is 0 Å². The highest BCUT2D eigenvalue weighted by Gasteiger charge is 2.14. The van der Waals surface area contributed by atoms with Crippen LogP contribution in [0.5, 0.6) is 23.0 Å². The summed E-state index contributed by atoms with van der Waals surface area (Å²) in [5.74, 6) is 1.92. The van der Waals surface area contributed by atoms with Crippen molar-refractivity contribution in [3.63, 3.8) is 0 Å². The molecule has 31 heavy (non-hydrogen) atoms. The lowest BCUT2D eigenvalue weighted by Crippen LogP contribution is -2.04. The van der Waals surface area contributed by atoms with Gasteiger partial charge in [-0.05, 0) is 59.2 Å². The Kier molecular flexibility index (Phi) is 7.30. The Morgan fingerprint density at radius 1 is 0.839 bits per heavy atom. The molecule has 0 fully saturated rings. The Morgan fingerprint density at radius 2 is 1.52 bits per heavy atom. The lowest BCUT2D eigenvalue weighted by molar-refractivity contribution is -0.133. The van der Waals surface area contributed by atoms with E-state index in [0.29, 0.717) is 34.1 Å². The molecule has 3 aromatic rings. The van der Waals surface area contributed by atoms with Gasteiger partial charge in [0.05, 0.1) is 33.5 Å². The van der Waals surface area contributed by atoms with Gasteiger partial charge in [-0.1, -0.05) is 24.3 Å². The first kappa shape index (κ1) is 21.9. The molecule has 0 saturated carbocycles. The Hall–Kier alpha value is -3.77. The van der Waals surface area contributed by atoms with Crippen LogP contribution in [0.15, 0.2) is 66.7 Å². The zero-order chi connectivity index (χ0) is 22.2. The molecule has 160 valence electrons. The van der Waals surface area contributed by atoms with E-state index >= 15 is 0 Å². The molecule has 0 bridgehead atoms. The van der Waals surface area contributed by atoms with E-state index in [0.717, 1.165) is 11.1 Å². The number of carbonyl (C=O) groups is 1. The highest BCUT2D eigenvalue weighted by Crippen LogP contribution is 2.29. The third kappa shape index (κ3) is 5.65.